The van der Waals surface area contributed by atoms with Gasteiger partial charge in [-0.2, -0.15) is 0 Å². The molecule has 3 N–H and O–H groups in total. The fourth-order valence-corrected chi connectivity index (χ4v) is 3.61. The summed E-state index contributed by atoms with van der Waals surface area (Å²) >= 11 is 5.98. The van der Waals surface area contributed by atoms with Crippen molar-refractivity contribution in [2.75, 3.05) is 12.3 Å². The lowest BCUT2D eigenvalue weighted by Gasteiger charge is -2.10. The molecule has 0 aromatic heterocycles. The molecule has 0 amide bonds. The fraction of sp³-hybridized carbons (Fsp3) is 0.429. The minimum Gasteiger partial charge on any atom is -0.398 e. The van der Waals surface area contributed by atoms with Crippen LogP contribution in [-0.2, 0) is 10.0 Å². The lowest BCUT2D eigenvalue weighted by Crippen LogP contribution is -2.25. The zero-order valence-corrected chi connectivity index (χ0v) is 13.0. The molecule has 0 saturated carbocycles. The van der Waals surface area contributed by atoms with Crippen LogP contribution >= 0.6 is 11.6 Å². The average Bonchev–Trinajstić information content (AvgIpc) is 2.88. The van der Waals surface area contributed by atoms with Gasteiger partial charge in [0.05, 0.1) is 4.90 Å². The lowest BCUT2D eigenvalue weighted by atomic mass is 10.2. The maximum atomic E-state index is 12.2. The first kappa shape index (κ1) is 15.4. The van der Waals surface area contributed by atoms with Crippen LogP contribution in [0.15, 0.2) is 28.7 Å². The van der Waals surface area contributed by atoms with E-state index in [0.717, 1.165) is 19.3 Å². The first-order chi connectivity index (χ1) is 9.40. The minimum atomic E-state index is -3.56. The van der Waals surface area contributed by atoms with Gasteiger partial charge in [0, 0.05) is 17.3 Å². The molecule has 1 aliphatic carbocycles. The van der Waals surface area contributed by atoms with Crippen LogP contribution in [0.3, 0.4) is 0 Å². The standard InChI is InChI=1S/C14H19ClN2O2S/c1-10-13(15)8-12(9-14(10)16)20(18,19)17-7-6-11-4-2-3-5-11/h4,8-9,17H,2-3,5-7,16H2,1H3. The highest BCUT2D eigenvalue weighted by Crippen LogP contribution is 2.26. The second kappa shape index (κ2) is 6.16. The summed E-state index contributed by atoms with van der Waals surface area (Å²) in [5.41, 5.74) is 8.17. The summed E-state index contributed by atoms with van der Waals surface area (Å²) in [6.45, 7) is 2.16. The monoisotopic (exact) mass is 314 g/mol. The summed E-state index contributed by atoms with van der Waals surface area (Å²) in [6.07, 6.45) is 6.30. The smallest absolute Gasteiger partial charge is 0.240 e. The Hall–Kier alpha value is -1.04. The van der Waals surface area contributed by atoms with E-state index in [4.69, 9.17) is 17.3 Å². The summed E-state index contributed by atoms with van der Waals surface area (Å²) in [5.74, 6) is 0. The van der Waals surface area contributed by atoms with Gasteiger partial charge in [-0.05, 0) is 50.3 Å². The zero-order chi connectivity index (χ0) is 14.8. The largest absolute Gasteiger partial charge is 0.398 e. The number of nitrogens with two attached hydrogens (primary N) is 1. The third kappa shape index (κ3) is 3.53. The van der Waals surface area contributed by atoms with Gasteiger partial charge in [0.2, 0.25) is 10.0 Å². The number of hydrogen-bond donors (Lipinski definition) is 2. The molecule has 0 bridgehead atoms. The van der Waals surface area contributed by atoms with Crippen molar-refractivity contribution >= 4 is 27.3 Å². The van der Waals surface area contributed by atoms with E-state index in [2.05, 4.69) is 10.8 Å². The number of hydrogen-bond acceptors (Lipinski definition) is 3. The number of allylic oxidation sites excluding steroid dienone is 1. The quantitative estimate of drug-likeness (QED) is 0.648. The molecule has 0 radical (unpaired) electrons. The molecule has 0 spiro atoms. The lowest BCUT2D eigenvalue weighted by molar-refractivity contribution is 0.581. The molecular weight excluding hydrogens is 296 g/mol. The molecule has 0 fully saturated rings. The Morgan fingerprint density at radius 3 is 2.75 bits per heavy atom. The van der Waals surface area contributed by atoms with E-state index < -0.39 is 10.0 Å². The molecule has 0 heterocycles. The highest BCUT2D eigenvalue weighted by atomic mass is 35.5. The van der Waals surface area contributed by atoms with Gasteiger partial charge in [0.1, 0.15) is 0 Å². The molecule has 2 rings (SSSR count). The summed E-state index contributed by atoms with van der Waals surface area (Å²) in [5, 5.41) is 0.365. The molecule has 1 aromatic rings. The topological polar surface area (TPSA) is 72.2 Å². The number of benzene rings is 1. The van der Waals surface area contributed by atoms with Crippen LogP contribution in [0.2, 0.25) is 5.02 Å². The highest BCUT2D eigenvalue weighted by Gasteiger charge is 2.16. The predicted molar refractivity (Wildman–Crippen MR) is 82.3 cm³/mol. The van der Waals surface area contributed by atoms with E-state index in [0.29, 0.717) is 22.8 Å². The van der Waals surface area contributed by atoms with Gasteiger partial charge in [-0.25, -0.2) is 13.1 Å². The van der Waals surface area contributed by atoms with Crippen LogP contribution in [-0.4, -0.2) is 15.0 Å². The first-order valence-corrected chi connectivity index (χ1v) is 8.49. The zero-order valence-electron chi connectivity index (χ0n) is 11.4. The average molecular weight is 315 g/mol. The SMILES string of the molecule is Cc1c(N)cc(S(=O)(=O)NCCC2=CCCC2)cc1Cl. The number of halogens is 1. The summed E-state index contributed by atoms with van der Waals surface area (Å²) in [7, 11) is -3.56. The maximum absolute atomic E-state index is 12.2. The molecule has 20 heavy (non-hydrogen) atoms. The molecular formula is C14H19ClN2O2S. The Kier molecular flexibility index (Phi) is 4.73. The number of sulfonamides is 1. The molecule has 0 saturated heterocycles. The van der Waals surface area contributed by atoms with Gasteiger partial charge in [0.15, 0.2) is 0 Å². The molecule has 4 nitrogen and oxygen atoms in total. The minimum absolute atomic E-state index is 0.117. The third-order valence-corrected chi connectivity index (χ3v) is 5.37. The van der Waals surface area contributed by atoms with Crippen LogP contribution in [0.25, 0.3) is 0 Å². The van der Waals surface area contributed by atoms with E-state index >= 15 is 0 Å². The molecule has 0 atom stereocenters. The Morgan fingerprint density at radius 1 is 1.40 bits per heavy atom. The molecule has 0 aliphatic heterocycles. The summed E-state index contributed by atoms with van der Waals surface area (Å²) in [4.78, 5) is 0.117. The molecule has 1 aliphatic rings. The third-order valence-electron chi connectivity index (χ3n) is 3.54. The Balaban J connectivity index is 2.06. The Labute approximate surface area is 125 Å². The van der Waals surface area contributed by atoms with Gasteiger partial charge in [-0.1, -0.05) is 23.3 Å². The maximum Gasteiger partial charge on any atom is 0.240 e. The molecule has 110 valence electrons. The van der Waals surface area contributed by atoms with Crippen molar-refractivity contribution < 1.29 is 8.42 Å². The first-order valence-electron chi connectivity index (χ1n) is 6.63. The van der Waals surface area contributed by atoms with Gasteiger partial charge in [-0.15, -0.1) is 0 Å². The second-order valence-electron chi connectivity index (χ2n) is 5.02. The van der Waals surface area contributed by atoms with Crippen molar-refractivity contribution in [3.8, 4) is 0 Å². The van der Waals surface area contributed by atoms with Crippen molar-refractivity contribution in [2.45, 2.75) is 37.5 Å². The van der Waals surface area contributed by atoms with E-state index in [1.54, 1.807) is 6.92 Å². The number of nitrogen functional groups attached to an aromatic ring is 1. The molecule has 0 unspecified atom stereocenters. The molecule has 6 heteroatoms. The fourth-order valence-electron chi connectivity index (χ4n) is 2.22. The van der Waals surface area contributed by atoms with Crippen LogP contribution in [0.5, 0.6) is 0 Å². The van der Waals surface area contributed by atoms with Gasteiger partial charge >= 0.3 is 0 Å². The van der Waals surface area contributed by atoms with Crippen LogP contribution in [0.4, 0.5) is 5.69 Å². The summed E-state index contributed by atoms with van der Waals surface area (Å²) in [6, 6.07) is 2.88. The highest BCUT2D eigenvalue weighted by molar-refractivity contribution is 7.89. The molecule has 1 aromatic carbocycles. The Morgan fingerprint density at radius 2 is 2.15 bits per heavy atom. The van der Waals surface area contributed by atoms with E-state index in [-0.39, 0.29) is 4.90 Å². The predicted octanol–water partition coefficient (Wildman–Crippen LogP) is 3.01. The van der Waals surface area contributed by atoms with Gasteiger partial charge in [-0.3, -0.25) is 0 Å². The second-order valence-corrected chi connectivity index (χ2v) is 7.20. The number of anilines is 1. The van der Waals surface area contributed by atoms with Crippen molar-refractivity contribution in [1.82, 2.24) is 4.72 Å². The van der Waals surface area contributed by atoms with Crippen LogP contribution in [0, 0.1) is 6.92 Å². The Bertz CT molecular complexity index is 616. The number of nitrogens with one attached hydrogen (secondary N) is 1. The van der Waals surface area contributed by atoms with Crippen molar-refractivity contribution in [3.05, 3.63) is 34.4 Å². The normalized spacial score (nSPS) is 15.4. The van der Waals surface area contributed by atoms with Crippen LogP contribution < -0.4 is 10.5 Å². The van der Waals surface area contributed by atoms with Gasteiger partial charge < -0.3 is 5.73 Å². The van der Waals surface area contributed by atoms with Crippen molar-refractivity contribution in [2.24, 2.45) is 0 Å². The van der Waals surface area contributed by atoms with Crippen molar-refractivity contribution in [1.29, 1.82) is 0 Å². The van der Waals surface area contributed by atoms with E-state index in [1.807, 2.05) is 0 Å². The van der Waals surface area contributed by atoms with Gasteiger partial charge in [0.25, 0.3) is 0 Å². The van der Waals surface area contributed by atoms with Crippen LogP contribution in [0.1, 0.15) is 31.2 Å². The summed E-state index contributed by atoms with van der Waals surface area (Å²) < 4.78 is 26.9. The van der Waals surface area contributed by atoms with E-state index in [1.165, 1.54) is 24.1 Å². The van der Waals surface area contributed by atoms with E-state index in [9.17, 15) is 8.42 Å². The van der Waals surface area contributed by atoms with Crippen molar-refractivity contribution in [3.63, 3.8) is 0 Å². The number of rotatable bonds is 5.